The second-order valence-electron chi connectivity index (χ2n) is 6.10. The van der Waals surface area contributed by atoms with Crippen LogP contribution in [0.25, 0.3) is 0 Å². The Bertz CT molecular complexity index is 522. The number of hydrogen-bond acceptors (Lipinski definition) is 4. The van der Waals surface area contributed by atoms with E-state index >= 15 is 0 Å². The van der Waals surface area contributed by atoms with Crippen molar-refractivity contribution in [2.75, 3.05) is 13.7 Å². The molecule has 5 heteroatoms. The van der Waals surface area contributed by atoms with Crippen LogP contribution in [0.4, 0.5) is 0 Å². The molecule has 0 saturated carbocycles. The lowest BCUT2D eigenvalue weighted by Gasteiger charge is -2.14. The van der Waals surface area contributed by atoms with Gasteiger partial charge < -0.3 is 4.74 Å². The maximum absolute atomic E-state index is 11.5. The Labute approximate surface area is 127 Å². The molecule has 0 aromatic heterocycles. The zero-order chi connectivity index (χ0) is 15.9. The highest BCUT2D eigenvalue weighted by molar-refractivity contribution is 6.76. The molecule has 0 N–H and O–H groups in total. The number of aliphatic imine (C=N–C) groups is 1. The maximum atomic E-state index is 11.5. The predicted octanol–water partition coefficient (Wildman–Crippen LogP) is 2.95. The summed E-state index contributed by atoms with van der Waals surface area (Å²) in [5.41, 5.74) is 1.55. The van der Waals surface area contributed by atoms with Crippen molar-refractivity contribution in [3.8, 4) is 0 Å². The summed E-state index contributed by atoms with van der Waals surface area (Å²) in [6.45, 7) is 7.69. The molecule has 0 aliphatic heterocycles. The number of ether oxygens (including phenoxy) is 1. The summed E-state index contributed by atoms with van der Waals surface area (Å²) in [4.78, 5) is 27.1. The Morgan fingerprint density at radius 3 is 2.67 bits per heavy atom. The van der Waals surface area contributed by atoms with Crippen LogP contribution in [-0.2, 0) is 14.3 Å². The molecule has 0 aromatic rings. The third-order valence-corrected chi connectivity index (χ3v) is 4.68. The third kappa shape index (κ3) is 6.99. The summed E-state index contributed by atoms with van der Waals surface area (Å²) < 4.78 is 4.57. The largest absolute Gasteiger partial charge is 0.469 e. The summed E-state index contributed by atoms with van der Waals surface area (Å²) in [6, 6.07) is 1.11. The molecule has 0 radical (unpaired) electrons. The van der Waals surface area contributed by atoms with Gasteiger partial charge in [-0.15, -0.1) is 0 Å². The van der Waals surface area contributed by atoms with E-state index in [1.165, 1.54) is 13.2 Å². The first-order valence-electron chi connectivity index (χ1n) is 7.04. The van der Waals surface area contributed by atoms with Gasteiger partial charge in [-0.2, -0.15) is 0 Å². The van der Waals surface area contributed by atoms with Crippen LogP contribution in [0, 0.1) is 0 Å². The van der Waals surface area contributed by atoms with Crippen molar-refractivity contribution in [3.63, 3.8) is 0 Å². The lowest BCUT2D eigenvalue weighted by molar-refractivity contribution is -0.139. The van der Waals surface area contributed by atoms with Crippen LogP contribution in [0.3, 0.4) is 0 Å². The number of ketones is 1. The van der Waals surface area contributed by atoms with Crippen LogP contribution in [0.2, 0.25) is 25.7 Å². The predicted molar refractivity (Wildman–Crippen MR) is 88.5 cm³/mol. The summed E-state index contributed by atoms with van der Waals surface area (Å²) >= 11 is 0. The monoisotopic (exact) mass is 305 g/mol. The van der Waals surface area contributed by atoms with Gasteiger partial charge in [0.05, 0.1) is 19.2 Å². The van der Waals surface area contributed by atoms with Gasteiger partial charge >= 0.3 is 5.97 Å². The standard InChI is InChI=1S/C16H23NO3Si/c1-20-16(19)7-5-6-13-12-14(18)8-9-15(13)17-10-11-21(2,3)4/h5-6,8-9,12H,7,10-11H2,1-4H3/b6-5+,17-15?. The van der Waals surface area contributed by atoms with Crippen molar-refractivity contribution < 1.29 is 14.3 Å². The molecule has 21 heavy (non-hydrogen) atoms. The summed E-state index contributed by atoms with van der Waals surface area (Å²) in [7, 11) is 0.233. The van der Waals surface area contributed by atoms with Gasteiger partial charge in [0.15, 0.2) is 5.78 Å². The number of allylic oxidation sites excluding steroid dienone is 5. The van der Waals surface area contributed by atoms with Gasteiger partial charge in [-0.25, -0.2) is 0 Å². The summed E-state index contributed by atoms with van der Waals surface area (Å²) in [5, 5.41) is 0. The highest BCUT2D eigenvalue weighted by Gasteiger charge is 2.13. The number of hydrogen-bond donors (Lipinski definition) is 0. The summed E-state index contributed by atoms with van der Waals surface area (Å²) in [5.74, 6) is -0.362. The molecule has 0 atom stereocenters. The van der Waals surface area contributed by atoms with E-state index < -0.39 is 8.07 Å². The van der Waals surface area contributed by atoms with Crippen molar-refractivity contribution >= 4 is 25.5 Å². The molecule has 0 aromatic carbocycles. The van der Waals surface area contributed by atoms with E-state index in [0.717, 1.165) is 23.9 Å². The van der Waals surface area contributed by atoms with Crippen molar-refractivity contribution in [2.24, 2.45) is 4.99 Å². The van der Waals surface area contributed by atoms with Gasteiger partial charge in [0.1, 0.15) is 0 Å². The third-order valence-electron chi connectivity index (χ3n) is 2.95. The lowest BCUT2D eigenvalue weighted by Crippen LogP contribution is -2.20. The molecule has 1 rings (SSSR count). The van der Waals surface area contributed by atoms with Crippen molar-refractivity contribution in [1.29, 1.82) is 0 Å². The van der Waals surface area contributed by atoms with Gasteiger partial charge in [-0.1, -0.05) is 31.8 Å². The van der Waals surface area contributed by atoms with E-state index in [0.29, 0.717) is 0 Å². The molecule has 0 saturated heterocycles. The van der Waals surface area contributed by atoms with E-state index in [2.05, 4.69) is 29.4 Å². The van der Waals surface area contributed by atoms with Gasteiger partial charge in [-0.3, -0.25) is 14.6 Å². The van der Waals surface area contributed by atoms with Crippen LogP contribution < -0.4 is 0 Å². The van der Waals surface area contributed by atoms with Crippen LogP contribution in [-0.4, -0.2) is 39.2 Å². The number of carbonyl (C=O) groups excluding carboxylic acids is 2. The molecule has 0 fully saturated rings. The minimum Gasteiger partial charge on any atom is -0.469 e. The highest BCUT2D eigenvalue weighted by atomic mass is 28.3. The molecule has 1 aliphatic carbocycles. The fourth-order valence-corrected chi connectivity index (χ4v) is 2.47. The molecule has 114 valence electrons. The molecule has 0 amide bonds. The topological polar surface area (TPSA) is 55.7 Å². The highest BCUT2D eigenvalue weighted by Crippen LogP contribution is 2.12. The number of rotatable bonds is 6. The zero-order valence-electron chi connectivity index (χ0n) is 13.2. The van der Waals surface area contributed by atoms with Gasteiger partial charge in [0.25, 0.3) is 0 Å². The molecular formula is C16H23NO3Si. The van der Waals surface area contributed by atoms with Crippen LogP contribution in [0.1, 0.15) is 6.42 Å². The van der Waals surface area contributed by atoms with Crippen LogP contribution >= 0.6 is 0 Å². The first-order chi connectivity index (χ1) is 9.81. The molecule has 0 spiro atoms. The van der Waals surface area contributed by atoms with E-state index in [-0.39, 0.29) is 18.2 Å². The second-order valence-corrected chi connectivity index (χ2v) is 11.7. The smallest absolute Gasteiger partial charge is 0.309 e. The second kappa shape index (κ2) is 7.88. The van der Waals surface area contributed by atoms with Gasteiger partial charge in [0, 0.05) is 20.2 Å². The maximum Gasteiger partial charge on any atom is 0.309 e. The average Bonchev–Trinajstić information content (AvgIpc) is 2.39. The fourth-order valence-electron chi connectivity index (χ4n) is 1.69. The number of esters is 1. The van der Waals surface area contributed by atoms with E-state index in [1.807, 2.05) is 0 Å². The zero-order valence-corrected chi connectivity index (χ0v) is 14.2. The molecule has 0 bridgehead atoms. The average molecular weight is 305 g/mol. The van der Waals surface area contributed by atoms with Gasteiger partial charge in [0.2, 0.25) is 0 Å². The van der Waals surface area contributed by atoms with Gasteiger partial charge in [-0.05, 0) is 24.3 Å². The molecule has 1 aliphatic rings. The Hall–Kier alpha value is -1.75. The Morgan fingerprint density at radius 2 is 2.05 bits per heavy atom. The molecule has 4 nitrogen and oxygen atoms in total. The van der Waals surface area contributed by atoms with E-state index in [1.54, 1.807) is 24.3 Å². The number of nitrogens with zero attached hydrogens (tertiary/aromatic N) is 1. The van der Waals surface area contributed by atoms with Crippen LogP contribution in [0.5, 0.6) is 0 Å². The van der Waals surface area contributed by atoms with E-state index in [9.17, 15) is 9.59 Å². The van der Waals surface area contributed by atoms with Crippen LogP contribution in [0.15, 0.2) is 40.9 Å². The number of carbonyl (C=O) groups is 2. The minimum absolute atomic E-state index is 0.0585. The minimum atomic E-state index is -1.12. The van der Waals surface area contributed by atoms with E-state index in [4.69, 9.17) is 0 Å². The first kappa shape index (κ1) is 17.3. The summed E-state index contributed by atoms with van der Waals surface area (Å²) in [6.07, 6.45) is 8.44. The van der Waals surface area contributed by atoms with Crippen molar-refractivity contribution in [2.45, 2.75) is 32.1 Å². The Morgan fingerprint density at radius 1 is 1.33 bits per heavy atom. The SMILES string of the molecule is COC(=O)C/C=C/C1=CC(=O)C=CC1=NCC[Si](C)(C)C. The molecule has 0 unspecified atom stereocenters. The van der Waals surface area contributed by atoms with Crippen molar-refractivity contribution in [3.05, 3.63) is 36.0 Å². The quantitative estimate of drug-likeness (QED) is 0.431. The normalized spacial score (nSPS) is 17.4. The fraction of sp³-hybridized carbons (Fsp3) is 0.438. The Kier molecular flexibility index (Phi) is 6.49. The lowest BCUT2D eigenvalue weighted by atomic mass is 10.0. The number of methoxy groups -OCH3 is 1. The first-order valence-corrected chi connectivity index (χ1v) is 10.7. The van der Waals surface area contributed by atoms with Crippen molar-refractivity contribution in [1.82, 2.24) is 0 Å². The Balaban J connectivity index is 2.74. The molecule has 0 heterocycles. The molecular weight excluding hydrogens is 282 g/mol.